The van der Waals surface area contributed by atoms with Crippen LogP contribution in [0.1, 0.15) is 24.2 Å². The van der Waals surface area contributed by atoms with Crippen molar-refractivity contribution in [3.8, 4) is 28.3 Å². The summed E-state index contributed by atoms with van der Waals surface area (Å²) in [6.45, 7) is 3.47. The van der Waals surface area contributed by atoms with Gasteiger partial charge in [-0.3, -0.25) is 19.0 Å². The number of carbonyl (C=O) groups is 2. The molecule has 4 rings (SSSR count). The Morgan fingerprint density at radius 2 is 1.94 bits per heavy atom. The zero-order chi connectivity index (χ0) is 25.1. The molecule has 0 atom stereocenters. The lowest BCUT2D eigenvalue weighted by molar-refractivity contribution is -0.122. The largest absolute Gasteiger partial charge is 0.497 e. The minimum absolute atomic E-state index is 0.0880. The SMILES string of the molecule is COc1cccc(-c2nc3ncc(-c4cc(Cl)cc(C=O)c4)cc3c(=O)n2CC(=O)NC(C)C)c1. The Morgan fingerprint density at radius 1 is 1.14 bits per heavy atom. The lowest BCUT2D eigenvalue weighted by Crippen LogP contribution is -2.37. The van der Waals surface area contributed by atoms with E-state index in [1.54, 1.807) is 61.8 Å². The van der Waals surface area contributed by atoms with Crippen molar-refractivity contribution in [1.82, 2.24) is 19.9 Å². The molecule has 0 aliphatic carbocycles. The van der Waals surface area contributed by atoms with Crippen LogP contribution in [0.5, 0.6) is 5.75 Å². The minimum Gasteiger partial charge on any atom is -0.497 e. The Balaban J connectivity index is 1.92. The van der Waals surface area contributed by atoms with Gasteiger partial charge in [0, 0.05) is 34.0 Å². The zero-order valence-electron chi connectivity index (χ0n) is 19.4. The minimum atomic E-state index is -0.418. The van der Waals surface area contributed by atoms with Gasteiger partial charge in [0.2, 0.25) is 5.91 Å². The molecule has 0 aliphatic rings. The van der Waals surface area contributed by atoms with Crippen molar-refractivity contribution in [3.05, 3.63) is 75.7 Å². The third kappa shape index (κ3) is 5.22. The van der Waals surface area contributed by atoms with Crippen LogP contribution in [0.15, 0.2) is 59.5 Å². The predicted molar refractivity (Wildman–Crippen MR) is 135 cm³/mol. The summed E-state index contributed by atoms with van der Waals surface area (Å²) in [5, 5.41) is 3.43. The average Bonchev–Trinajstić information content (AvgIpc) is 2.84. The Kier molecular flexibility index (Phi) is 6.93. The number of rotatable bonds is 7. The lowest BCUT2D eigenvalue weighted by atomic mass is 10.0. The Labute approximate surface area is 206 Å². The highest BCUT2D eigenvalue weighted by molar-refractivity contribution is 6.31. The number of nitrogens with zero attached hydrogens (tertiary/aromatic N) is 3. The van der Waals surface area contributed by atoms with Gasteiger partial charge < -0.3 is 10.1 Å². The molecule has 0 radical (unpaired) electrons. The van der Waals surface area contributed by atoms with Crippen LogP contribution >= 0.6 is 11.6 Å². The molecule has 0 bridgehead atoms. The van der Waals surface area contributed by atoms with Crippen LogP contribution in [0.2, 0.25) is 5.02 Å². The standard InChI is InChI=1S/C26H23ClN4O4/c1-15(2)29-23(33)13-31-25(17-5-4-6-21(10-17)35-3)30-24-22(26(31)34)11-19(12-28-24)18-7-16(14-32)8-20(27)9-18/h4-12,14-15H,13H2,1-3H3,(H,29,33). The van der Waals surface area contributed by atoms with Crippen molar-refractivity contribution in [3.63, 3.8) is 0 Å². The maximum atomic E-state index is 13.7. The fraction of sp³-hybridized carbons (Fsp3) is 0.192. The van der Waals surface area contributed by atoms with Crippen LogP contribution in [-0.2, 0) is 11.3 Å². The maximum Gasteiger partial charge on any atom is 0.263 e. The molecule has 2 aromatic heterocycles. The van der Waals surface area contributed by atoms with Gasteiger partial charge in [-0.2, -0.15) is 0 Å². The number of hydrogen-bond donors (Lipinski definition) is 1. The molecular formula is C26H23ClN4O4. The number of methoxy groups -OCH3 is 1. The third-order valence-electron chi connectivity index (χ3n) is 5.28. The van der Waals surface area contributed by atoms with Crippen molar-refractivity contribution >= 4 is 34.8 Å². The monoisotopic (exact) mass is 490 g/mol. The van der Waals surface area contributed by atoms with Gasteiger partial charge >= 0.3 is 0 Å². The fourth-order valence-electron chi connectivity index (χ4n) is 3.75. The number of benzene rings is 2. The third-order valence-corrected chi connectivity index (χ3v) is 5.50. The van der Waals surface area contributed by atoms with Crippen LogP contribution in [-0.4, -0.2) is 39.9 Å². The van der Waals surface area contributed by atoms with Crippen molar-refractivity contribution in [2.75, 3.05) is 7.11 Å². The first-order chi connectivity index (χ1) is 16.8. The summed E-state index contributed by atoms with van der Waals surface area (Å²) in [4.78, 5) is 46.6. The van der Waals surface area contributed by atoms with E-state index < -0.39 is 5.56 Å². The van der Waals surface area contributed by atoms with Gasteiger partial charge in [0.05, 0.1) is 12.5 Å². The summed E-state index contributed by atoms with van der Waals surface area (Å²) >= 11 is 6.15. The smallest absolute Gasteiger partial charge is 0.263 e. The van der Waals surface area contributed by atoms with Gasteiger partial charge in [-0.15, -0.1) is 0 Å². The summed E-state index contributed by atoms with van der Waals surface area (Å²) in [6, 6.07) is 13.5. The van der Waals surface area contributed by atoms with E-state index >= 15 is 0 Å². The van der Waals surface area contributed by atoms with Crippen LogP contribution in [0, 0.1) is 0 Å². The molecule has 0 fully saturated rings. The van der Waals surface area contributed by atoms with E-state index in [0.717, 1.165) is 0 Å². The molecule has 1 amide bonds. The molecule has 8 nitrogen and oxygen atoms in total. The highest BCUT2D eigenvalue weighted by Gasteiger charge is 2.18. The molecule has 178 valence electrons. The van der Waals surface area contributed by atoms with Gasteiger partial charge in [0.1, 0.15) is 24.4 Å². The number of fused-ring (bicyclic) bond motifs is 1. The second-order valence-electron chi connectivity index (χ2n) is 8.27. The van der Waals surface area contributed by atoms with E-state index in [1.165, 1.54) is 4.57 Å². The first-order valence-electron chi connectivity index (χ1n) is 10.9. The molecule has 0 unspecified atom stereocenters. The Bertz CT molecular complexity index is 1500. The molecule has 35 heavy (non-hydrogen) atoms. The quantitative estimate of drug-likeness (QED) is 0.391. The molecule has 2 heterocycles. The van der Waals surface area contributed by atoms with Crippen molar-refractivity contribution in [2.45, 2.75) is 26.4 Å². The van der Waals surface area contributed by atoms with Crippen LogP contribution in [0.4, 0.5) is 0 Å². The van der Waals surface area contributed by atoms with Crippen LogP contribution in [0.3, 0.4) is 0 Å². The first kappa shape index (κ1) is 24.1. The summed E-state index contributed by atoms with van der Waals surface area (Å²) in [5.41, 5.74) is 2.05. The molecular weight excluding hydrogens is 468 g/mol. The number of amides is 1. The average molecular weight is 491 g/mol. The van der Waals surface area contributed by atoms with E-state index in [2.05, 4.69) is 15.3 Å². The number of hydrogen-bond acceptors (Lipinski definition) is 6. The van der Waals surface area contributed by atoms with E-state index in [-0.39, 0.29) is 29.5 Å². The molecule has 2 aromatic carbocycles. The summed E-state index contributed by atoms with van der Waals surface area (Å²) in [6.07, 6.45) is 2.27. The van der Waals surface area contributed by atoms with Crippen LogP contribution < -0.4 is 15.6 Å². The van der Waals surface area contributed by atoms with E-state index in [1.807, 2.05) is 13.8 Å². The first-order valence-corrected chi connectivity index (χ1v) is 11.3. The van der Waals surface area contributed by atoms with Gasteiger partial charge in [0.25, 0.3) is 5.56 Å². The molecule has 9 heteroatoms. The van der Waals surface area contributed by atoms with E-state index in [0.29, 0.717) is 45.1 Å². The number of pyridine rings is 1. The molecule has 0 saturated carbocycles. The topological polar surface area (TPSA) is 103 Å². The summed E-state index contributed by atoms with van der Waals surface area (Å²) in [5.74, 6) is 0.568. The molecule has 0 spiro atoms. The van der Waals surface area contributed by atoms with Crippen LogP contribution in [0.25, 0.3) is 33.5 Å². The van der Waals surface area contributed by atoms with Crippen molar-refractivity contribution in [2.24, 2.45) is 0 Å². The van der Waals surface area contributed by atoms with Gasteiger partial charge in [0.15, 0.2) is 5.65 Å². The number of aldehydes is 1. The lowest BCUT2D eigenvalue weighted by Gasteiger charge is -2.15. The normalized spacial score (nSPS) is 11.0. The molecule has 4 aromatic rings. The number of ether oxygens (including phenoxy) is 1. The van der Waals surface area contributed by atoms with Gasteiger partial charge in [-0.25, -0.2) is 9.97 Å². The van der Waals surface area contributed by atoms with Gasteiger partial charge in [-0.05, 0) is 55.8 Å². The van der Waals surface area contributed by atoms with Gasteiger partial charge in [-0.1, -0.05) is 23.7 Å². The predicted octanol–water partition coefficient (Wildman–Crippen LogP) is 4.12. The highest BCUT2D eigenvalue weighted by atomic mass is 35.5. The highest BCUT2D eigenvalue weighted by Crippen LogP contribution is 2.27. The van der Waals surface area contributed by atoms with E-state index in [4.69, 9.17) is 16.3 Å². The molecule has 0 aliphatic heterocycles. The van der Waals surface area contributed by atoms with Crippen molar-refractivity contribution < 1.29 is 14.3 Å². The fourth-order valence-corrected chi connectivity index (χ4v) is 4.00. The number of halogens is 1. The van der Waals surface area contributed by atoms with Crippen molar-refractivity contribution in [1.29, 1.82) is 0 Å². The second kappa shape index (κ2) is 10.1. The number of carbonyl (C=O) groups excluding carboxylic acids is 2. The summed E-state index contributed by atoms with van der Waals surface area (Å²) < 4.78 is 6.64. The zero-order valence-corrected chi connectivity index (χ0v) is 20.2. The summed E-state index contributed by atoms with van der Waals surface area (Å²) in [7, 11) is 1.55. The Hall–Kier alpha value is -4.04. The second-order valence-corrected chi connectivity index (χ2v) is 8.70. The molecule has 0 saturated heterocycles. The number of nitrogens with one attached hydrogen (secondary N) is 1. The van der Waals surface area contributed by atoms with E-state index in [9.17, 15) is 14.4 Å². The maximum absolute atomic E-state index is 13.7. The molecule has 1 N–H and O–H groups in total. The number of aromatic nitrogens is 3. The Morgan fingerprint density at radius 3 is 2.66 bits per heavy atom.